The van der Waals surface area contributed by atoms with E-state index in [1.807, 2.05) is 0 Å². The number of nitro groups is 1. The quantitative estimate of drug-likeness (QED) is 0.601. The number of fused-ring (bicyclic) bond motifs is 1. The normalized spacial score (nSPS) is 28.1. The lowest BCUT2D eigenvalue weighted by Gasteiger charge is -2.33. The minimum atomic E-state index is -0.341. The number of carbonyl (C=O) groups excluding carboxylic acids is 1. The topological polar surface area (TPSA) is 75.9 Å². The van der Waals surface area contributed by atoms with Crippen LogP contribution in [-0.4, -0.2) is 54.6 Å². The standard InChI is InChI=1S/C20H27N3O4/c1-14-13-22(17-5-3-2-4-16(14)17)18-7-6-15(12-19(18)23(25)26)20(24)21-8-10-27-11-9-21/h6-7,12,14,16-17H,2-5,8-11,13H2,1H3. The summed E-state index contributed by atoms with van der Waals surface area (Å²) in [6.07, 6.45) is 4.75. The summed E-state index contributed by atoms with van der Waals surface area (Å²) in [4.78, 5) is 28.1. The maximum Gasteiger partial charge on any atom is 0.293 e. The van der Waals surface area contributed by atoms with Gasteiger partial charge in [0.15, 0.2) is 0 Å². The van der Waals surface area contributed by atoms with E-state index in [1.54, 1.807) is 17.0 Å². The van der Waals surface area contributed by atoms with E-state index >= 15 is 0 Å². The molecule has 2 aliphatic heterocycles. The monoisotopic (exact) mass is 373 g/mol. The molecule has 0 radical (unpaired) electrons. The Bertz CT molecular complexity index is 732. The largest absolute Gasteiger partial charge is 0.378 e. The second-order valence-corrected chi connectivity index (χ2v) is 8.01. The van der Waals surface area contributed by atoms with E-state index in [-0.39, 0.29) is 16.5 Å². The molecule has 7 nitrogen and oxygen atoms in total. The van der Waals surface area contributed by atoms with Gasteiger partial charge in [-0.3, -0.25) is 14.9 Å². The Morgan fingerprint density at radius 3 is 2.70 bits per heavy atom. The van der Waals surface area contributed by atoms with E-state index in [2.05, 4.69) is 11.8 Å². The van der Waals surface area contributed by atoms with Gasteiger partial charge in [-0.25, -0.2) is 0 Å². The van der Waals surface area contributed by atoms with Crippen LogP contribution in [0.5, 0.6) is 0 Å². The van der Waals surface area contributed by atoms with E-state index in [1.165, 1.54) is 25.3 Å². The number of amides is 1. The van der Waals surface area contributed by atoms with Crippen LogP contribution in [0.2, 0.25) is 0 Å². The third kappa shape index (κ3) is 3.40. The van der Waals surface area contributed by atoms with E-state index in [0.29, 0.717) is 55.4 Å². The van der Waals surface area contributed by atoms with Crippen molar-refractivity contribution in [2.75, 3.05) is 37.7 Å². The first-order valence-electron chi connectivity index (χ1n) is 9.98. The number of ether oxygens (including phenoxy) is 1. The summed E-state index contributed by atoms with van der Waals surface area (Å²) in [5, 5.41) is 11.8. The molecule has 1 amide bonds. The summed E-state index contributed by atoms with van der Waals surface area (Å²) < 4.78 is 5.29. The molecule has 3 unspecified atom stereocenters. The lowest BCUT2D eigenvalue weighted by atomic mass is 9.80. The Balaban J connectivity index is 1.63. The van der Waals surface area contributed by atoms with Crippen LogP contribution in [0.1, 0.15) is 43.0 Å². The average Bonchev–Trinajstić information content (AvgIpc) is 3.04. The van der Waals surface area contributed by atoms with Gasteiger partial charge in [-0.15, -0.1) is 0 Å². The molecule has 1 aromatic rings. The van der Waals surface area contributed by atoms with Crippen LogP contribution in [0.25, 0.3) is 0 Å². The van der Waals surface area contributed by atoms with Gasteiger partial charge in [0, 0.05) is 37.3 Å². The van der Waals surface area contributed by atoms with Crippen LogP contribution < -0.4 is 4.90 Å². The summed E-state index contributed by atoms with van der Waals surface area (Å²) in [6, 6.07) is 5.39. The van der Waals surface area contributed by atoms with E-state index in [4.69, 9.17) is 4.74 Å². The summed E-state index contributed by atoms with van der Waals surface area (Å²) in [7, 11) is 0. The molecule has 0 bridgehead atoms. The third-order valence-electron chi connectivity index (χ3n) is 6.42. The van der Waals surface area contributed by atoms with Crippen molar-refractivity contribution >= 4 is 17.3 Å². The van der Waals surface area contributed by atoms with E-state index in [9.17, 15) is 14.9 Å². The van der Waals surface area contributed by atoms with Crippen LogP contribution in [0.3, 0.4) is 0 Å². The second-order valence-electron chi connectivity index (χ2n) is 8.01. The molecule has 27 heavy (non-hydrogen) atoms. The fourth-order valence-corrected chi connectivity index (χ4v) is 5.04. The molecule has 0 spiro atoms. The molecule has 1 aromatic carbocycles. The van der Waals surface area contributed by atoms with Crippen molar-refractivity contribution in [2.45, 2.75) is 38.6 Å². The minimum Gasteiger partial charge on any atom is -0.378 e. The van der Waals surface area contributed by atoms with Crippen LogP contribution in [0.4, 0.5) is 11.4 Å². The Morgan fingerprint density at radius 1 is 1.22 bits per heavy atom. The zero-order chi connectivity index (χ0) is 19.0. The Morgan fingerprint density at radius 2 is 1.96 bits per heavy atom. The predicted molar refractivity (Wildman–Crippen MR) is 102 cm³/mol. The molecule has 1 aliphatic carbocycles. The maximum absolute atomic E-state index is 12.7. The Labute approximate surface area is 159 Å². The number of morpholine rings is 1. The van der Waals surface area contributed by atoms with E-state index in [0.717, 1.165) is 13.0 Å². The Kier molecular flexibility index (Phi) is 5.04. The van der Waals surface area contributed by atoms with Crippen molar-refractivity contribution in [3.05, 3.63) is 33.9 Å². The summed E-state index contributed by atoms with van der Waals surface area (Å²) in [5.74, 6) is 1.01. The third-order valence-corrected chi connectivity index (χ3v) is 6.42. The SMILES string of the molecule is CC1CN(c2ccc(C(=O)N3CCOCC3)cc2[N+](=O)[O-])C2CCCCC12. The predicted octanol–water partition coefficient (Wildman–Crippen LogP) is 3.08. The summed E-state index contributed by atoms with van der Waals surface area (Å²) in [5.41, 5.74) is 1.10. The molecular weight excluding hydrogens is 346 g/mol. The first-order valence-corrected chi connectivity index (χ1v) is 9.98. The first kappa shape index (κ1) is 18.2. The molecule has 1 saturated carbocycles. The van der Waals surface area contributed by atoms with Crippen LogP contribution in [-0.2, 0) is 4.74 Å². The van der Waals surface area contributed by atoms with Crippen molar-refractivity contribution in [1.29, 1.82) is 0 Å². The average molecular weight is 373 g/mol. The van der Waals surface area contributed by atoms with Gasteiger partial charge in [-0.2, -0.15) is 0 Å². The zero-order valence-corrected chi connectivity index (χ0v) is 15.8. The number of anilines is 1. The lowest BCUT2D eigenvalue weighted by Crippen LogP contribution is -2.40. The molecule has 0 aromatic heterocycles. The highest BCUT2D eigenvalue weighted by Crippen LogP contribution is 2.44. The number of rotatable bonds is 3. The molecule has 0 N–H and O–H groups in total. The van der Waals surface area contributed by atoms with Gasteiger partial charge >= 0.3 is 0 Å². The highest BCUT2D eigenvalue weighted by Gasteiger charge is 2.42. The lowest BCUT2D eigenvalue weighted by molar-refractivity contribution is -0.384. The molecule has 146 valence electrons. The molecular formula is C20H27N3O4. The Hall–Kier alpha value is -2.15. The number of hydrogen-bond acceptors (Lipinski definition) is 5. The fourth-order valence-electron chi connectivity index (χ4n) is 5.04. The van der Waals surface area contributed by atoms with Gasteiger partial charge in [0.1, 0.15) is 5.69 Å². The van der Waals surface area contributed by atoms with Gasteiger partial charge in [0.05, 0.1) is 18.1 Å². The fraction of sp³-hybridized carbons (Fsp3) is 0.650. The smallest absolute Gasteiger partial charge is 0.293 e. The number of hydrogen-bond donors (Lipinski definition) is 0. The zero-order valence-electron chi connectivity index (χ0n) is 15.8. The van der Waals surface area contributed by atoms with Crippen molar-refractivity contribution in [3.8, 4) is 0 Å². The van der Waals surface area contributed by atoms with Crippen LogP contribution in [0.15, 0.2) is 18.2 Å². The number of carbonyl (C=O) groups is 1. The van der Waals surface area contributed by atoms with E-state index < -0.39 is 0 Å². The first-order chi connectivity index (χ1) is 13.1. The summed E-state index contributed by atoms with van der Waals surface area (Å²) in [6.45, 7) is 5.20. The number of benzene rings is 1. The highest BCUT2D eigenvalue weighted by molar-refractivity contribution is 5.96. The van der Waals surface area contributed by atoms with Crippen molar-refractivity contribution < 1.29 is 14.5 Å². The molecule has 2 heterocycles. The molecule has 3 atom stereocenters. The molecule has 3 fully saturated rings. The van der Waals surface area contributed by atoms with Gasteiger partial charge in [-0.1, -0.05) is 19.8 Å². The number of nitrogens with zero attached hydrogens (tertiary/aromatic N) is 3. The molecule has 7 heteroatoms. The second kappa shape index (κ2) is 7.46. The van der Waals surface area contributed by atoms with Crippen molar-refractivity contribution in [1.82, 2.24) is 4.90 Å². The molecule has 4 rings (SSSR count). The maximum atomic E-state index is 12.7. The van der Waals surface area contributed by atoms with Gasteiger partial charge in [-0.05, 0) is 36.8 Å². The van der Waals surface area contributed by atoms with Crippen molar-refractivity contribution in [2.24, 2.45) is 11.8 Å². The highest BCUT2D eigenvalue weighted by atomic mass is 16.6. The van der Waals surface area contributed by atoms with Crippen molar-refractivity contribution in [3.63, 3.8) is 0 Å². The molecule has 3 aliphatic rings. The van der Waals surface area contributed by atoms with Gasteiger partial charge in [0.2, 0.25) is 0 Å². The van der Waals surface area contributed by atoms with Crippen LogP contribution >= 0.6 is 0 Å². The van der Waals surface area contributed by atoms with Gasteiger partial charge < -0.3 is 14.5 Å². The van der Waals surface area contributed by atoms with Crippen LogP contribution in [0, 0.1) is 22.0 Å². The molecule has 2 saturated heterocycles. The summed E-state index contributed by atoms with van der Waals surface area (Å²) >= 11 is 0. The minimum absolute atomic E-state index is 0.0486. The number of nitro benzene ring substituents is 1. The van der Waals surface area contributed by atoms with Gasteiger partial charge in [0.25, 0.3) is 11.6 Å².